The van der Waals surface area contributed by atoms with E-state index in [0.29, 0.717) is 0 Å². The first-order valence-corrected chi connectivity index (χ1v) is 25.1. The maximum Gasteiger partial charge on any atom is 0.147 e. The van der Waals surface area contributed by atoms with Crippen LogP contribution in [0.4, 0.5) is 34.1 Å². The lowest BCUT2D eigenvalue weighted by Crippen LogP contribution is -2.15. The van der Waals surface area contributed by atoms with Crippen LogP contribution in [-0.2, 0) is 10.8 Å². The number of furan rings is 2. The van der Waals surface area contributed by atoms with E-state index in [9.17, 15) is 0 Å². The Bertz CT molecular complexity index is 4400. The molecule has 4 heteroatoms. The molecule has 0 spiro atoms. The van der Waals surface area contributed by atoms with E-state index in [1.54, 1.807) is 0 Å². The molecule has 11 aromatic carbocycles. The van der Waals surface area contributed by atoms with Crippen LogP contribution in [0.3, 0.4) is 0 Å². The van der Waals surface area contributed by atoms with Crippen molar-refractivity contribution >= 4 is 99.5 Å². The molecule has 4 nitrogen and oxygen atoms in total. The van der Waals surface area contributed by atoms with E-state index in [-0.39, 0.29) is 10.8 Å². The van der Waals surface area contributed by atoms with Gasteiger partial charge in [-0.15, -0.1) is 0 Å². The molecule has 2 aliphatic rings. The van der Waals surface area contributed by atoms with Crippen LogP contribution in [0.5, 0.6) is 0 Å². The van der Waals surface area contributed by atoms with E-state index >= 15 is 0 Å². The van der Waals surface area contributed by atoms with Crippen LogP contribution in [0.1, 0.15) is 49.9 Å². The molecular weight excluding hydrogens is 877 g/mol. The van der Waals surface area contributed by atoms with Crippen molar-refractivity contribution in [2.24, 2.45) is 0 Å². The summed E-state index contributed by atoms with van der Waals surface area (Å²) in [5.74, 6) is 0. The number of hydrogen-bond acceptors (Lipinski definition) is 4. The lowest BCUT2D eigenvalue weighted by molar-refractivity contribution is 0.660. The topological polar surface area (TPSA) is 32.8 Å². The maximum absolute atomic E-state index is 6.96. The van der Waals surface area contributed by atoms with Gasteiger partial charge in [0.1, 0.15) is 22.3 Å². The van der Waals surface area contributed by atoms with Crippen molar-refractivity contribution in [2.75, 3.05) is 9.80 Å². The molecule has 0 aliphatic heterocycles. The number of nitrogens with zero attached hydrogens (tertiary/aromatic N) is 2. The zero-order valence-corrected chi connectivity index (χ0v) is 40.5. The summed E-state index contributed by atoms with van der Waals surface area (Å²) >= 11 is 0. The second-order valence-electron chi connectivity index (χ2n) is 20.9. The Kier molecular flexibility index (Phi) is 8.44. The number of rotatable bonds is 6. The normalized spacial score (nSPS) is 14.1. The molecule has 0 fully saturated rings. The largest absolute Gasteiger partial charge is 0.456 e. The standard InChI is InChI=1S/C68H48N2O2/c1-67(2)58-21-13-11-19-51(58)54-39-49(27-30-60(54)67)69(45-15-7-5-8-16-45)47-25-23-41-35-56-53-29-32-62-65(66(53)72-63(56)37-43(41)33-47)57-36-42-24-26-48(34-44(42)38-64(57)71-62)70(46-17-9-6-10-18-46)50-28-31-61-55(40-50)52-20-12-14-22-59(52)68(61,3)4/h5-40H,1-4H3. The van der Waals surface area contributed by atoms with Gasteiger partial charge in [-0.3, -0.25) is 0 Å². The zero-order chi connectivity index (χ0) is 48.0. The number of fused-ring (bicyclic) bond motifs is 15. The molecule has 2 aromatic heterocycles. The maximum atomic E-state index is 6.96. The van der Waals surface area contributed by atoms with Crippen molar-refractivity contribution in [3.05, 3.63) is 241 Å². The minimum Gasteiger partial charge on any atom is -0.456 e. The van der Waals surface area contributed by atoms with Crippen LogP contribution in [0.2, 0.25) is 0 Å². The Morgan fingerprint density at radius 2 is 0.736 bits per heavy atom. The average molecular weight is 925 g/mol. The predicted octanol–water partition coefficient (Wildman–Crippen LogP) is 19.3. The monoisotopic (exact) mass is 924 g/mol. The van der Waals surface area contributed by atoms with Gasteiger partial charge in [-0.25, -0.2) is 0 Å². The van der Waals surface area contributed by atoms with Crippen molar-refractivity contribution < 1.29 is 8.83 Å². The molecule has 13 aromatic rings. The molecule has 2 heterocycles. The molecule has 2 aliphatic carbocycles. The molecule has 0 unspecified atom stereocenters. The molecule has 72 heavy (non-hydrogen) atoms. The Balaban J connectivity index is 0.831. The highest BCUT2D eigenvalue weighted by molar-refractivity contribution is 6.24. The van der Waals surface area contributed by atoms with Gasteiger partial charge in [-0.2, -0.15) is 0 Å². The fourth-order valence-electron chi connectivity index (χ4n) is 12.6. The summed E-state index contributed by atoms with van der Waals surface area (Å²) in [6, 6.07) is 79.8. The van der Waals surface area contributed by atoms with Gasteiger partial charge >= 0.3 is 0 Å². The molecule has 0 bridgehead atoms. The summed E-state index contributed by atoms with van der Waals surface area (Å²) in [5.41, 5.74) is 20.5. The summed E-state index contributed by atoms with van der Waals surface area (Å²) in [6.45, 7) is 9.34. The fraction of sp³-hybridized carbons (Fsp3) is 0.0882. The van der Waals surface area contributed by atoms with Crippen LogP contribution in [0, 0.1) is 0 Å². The Morgan fingerprint density at radius 3 is 1.28 bits per heavy atom. The van der Waals surface area contributed by atoms with Crippen LogP contribution >= 0.6 is 0 Å². The lowest BCUT2D eigenvalue weighted by Gasteiger charge is -2.27. The third kappa shape index (κ3) is 5.87. The third-order valence-electron chi connectivity index (χ3n) is 16.2. The van der Waals surface area contributed by atoms with Gasteiger partial charge in [0.15, 0.2) is 0 Å². The molecular formula is C68H48N2O2. The number of para-hydroxylation sites is 2. The zero-order valence-electron chi connectivity index (χ0n) is 40.5. The Hall–Kier alpha value is -8.86. The highest BCUT2D eigenvalue weighted by Crippen LogP contribution is 2.53. The summed E-state index contributed by atoms with van der Waals surface area (Å²) in [6.07, 6.45) is 0. The summed E-state index contributed by atoms with van der Waals surface area (Å²) in [5, 5.41) is 8.72. The first kappa shape index (κ1) is 41.0. The minimum atomic E-state index is -0.0589. The minimum absolute atomic E-state index is 0.0589. The van der Waals surface area contributed by atoms with Gasteiger partial charge < -0.3 is 18.6 Å². The van der Waals surface area contributed by atoms with E-state index in [1.165, 1.54) is 44.5 Å². The number of benzene rings is 11. The number of hydrogen-bond donors (Lipinski definition) is 0. The van der Waals surface area contributed by atoms with Gasteiger partial charge in [0, 0.05) is 61.1 Å². The third-order valence-corrected chi connectivity index (χ3v) is 16.2. The predicted molar refractivity (Wildman–Crippen MR) is 301 cm³/mol. The van der Waals surface area contributed by atoms with Gasteiger partial charge in [0.25, 0.3) is 0 Å². The van der Waals surface area contributed by atoms with Gasteiger partial charge in [0.2, 0.25) is 0 Å². The molecule has 15 rings (SSSR count). The van der Waals surface area contributed by atoms with Crippen LogP contribution in [0.25, 0.3) is 87.7 Å². The summed E-state index contributed by atoms with van der Waals surface area (Å²) < 4.78 is 13.7. The summed E-state index contributed by atoms with van der Waals surface area (Å²) in [4.78, 5) is 4.74. The second-order valence-corrected chi connectivity index (χ2v) is 20.9. The molecule has 0 radical (unpaired) electrons. The Labute approximate surface area is 417 Å². The second kappa shape index (κ2) is 14.8. The van der Waals surface area contributed by atoms with Crippen molar-refractivity contribution in [1.82, 2.24) is 0 Å². The fourth-order valence-corrected chi connectivity index (χ4v) is 12.6. The smallest absolute Gasteiger partial charge is 0.147 e. The molecule has 0 saturated carbocycles. The van der Waals surface area contributed by atoms with Crippen LogP contribution in [0.15, 0.2) is 227 Å². The first-order valence-electron chi connectivity index (χ1n) is 25.1. The van der Waals surface area contributed by atoms with Crippen molar-refractivity contribution in [3.8, 4) is 22.3 Å². The number of anilines is 6. The highest BCUT2D eigenvalue weighted by atomic mass is 16.3. The van der Waals surface area contributed by atoms with Crippen molar-refractivity contribution in [1.29, 1.82) is 0 Å². The molecule has 0 saturated heterocycles. The first-order chi connectivity index (χ1) is 35.2. The van der Waals surface area contributed by atoms with Gasteiger partial charge in [0.05, 0.1) is 5.39 Å². The lowest BCUT2D eigenvalue weighted by atomic mass is 9.82. The SMILES string of the molecule is CC1(C)c2ccccc2-c2cc(N(c3ccccc3)c3ccc4cc5c(cc4c3)oc3c5ccc4oc5cc6cc(N(c7ccccc7)c7ccc8c(c7)-c7ccccc7C8(C)C)ccc6cc5c43)ccc21. The average Bonchev–Trinajstić information content (AvgIpc) is 4.10. The quantitative estimate of drug-likeness (QED) is 0.166. The van der Waals surface area contributed by atoms with Gasteiger partial charge in [-0.1, -0.05) is 137 Å². The molecule has 0 amide bonds. The van der Waals surface area contributed by atoms with Gasteiger partial charge in [-0.05, 0) is 175 Å². The van der Waals surface area contributed by atoms with E-state index < -0.39 is 0 Å². The van der Waals surface area contributed by atoms with Crippen molar-refractivity contribution in [3.63, 3.8) is 0 Å². The van der Waals surface area contributed by atoms with Crippen molar-refractivity contribution in [2.45, 2.75) is 38.5 Å². The van der Waals surface area contributed by atoms with E-state index in [1.807, 2.05) is 0 Å². The molecule has 0 N–H and O–H groups in total. The summed E-state index contributed by atoms with van der Waals surface area (Å²) in [7, 11) is 0. The van der Waals surface area contributed by atoms with Crippen LogP contribution < -0.4 is 9.80 Å². The Morgan fingerprint density at radius 1 is 0.292 bits per heavy atom. The van der Waals surface area contributed by atoms with E-state index in [4.69, 9.17) is 8.83 Å². The van der Waals surface area contributed by atoms with E-state index in [0.717, 1.165) is 99.5 Å². The van der Waals surface area contributed by atoms with E-state index in [2.05, 4.69) is 256 Å². The van der Waals surface area contributed by atoms with Crippen LogP contribution in [-0.4, -0.2) is 0 Å². The molecule has 0 atom stereocenters. The molecule has 342 valence electrons. The highest BCUT2D eigenvalue weighted by Gasteiger charge is 2.37.